The molecule has 0 saturated carbocycles. The first kappa shape index (κ1) is 21.2. The fourth-order valence-electron chi connectivity index (χ4n) is 2.74. The van der Waals surface area contributed by atoms with Crippen LogP contribution in [0.5, 0.6) is 0 Å². The Morgan fingerprint density at radius 1 is 1.03 bits per heavy atom. The number of anilines is 1. The number of hydrogen-bond donors (Lipinski definition) is 1. The molecule has 0 atom stereocenters. The number of esters is 1. The zero-order valence-corrected chi connectivity index (χ0v) is 17.8. The van der Waals surface area contributed by atoms with Gasteiger partial charge >= 0.3 is 5.97 Å². The van der Waals surface area contributed by atoms with Crippen LogP contribution in [0.2, 0.25) is 15.1 Å². The number of carbonyl (C=O) groups is 2. The molecule has 29 heavy (non-hydrogen) atoms. The first-order chi connectivity index (χ1) is 13.8. The molecule has 0 bridgehead atoms. The molecule has 0 fully saturated rings. The molecule has 0 saturated heterocycles. The second kappa shape index (κ2) is 8.86. The normalized spacial score (nSPS) is 10.7. The Labute approximate surface area is 182 Å². The minimum absolute atomic E-state index is 0.0274. The largest absolute Gasteiger partial charge is 0.452 e. The van der Waals surface area contributed by atoms with Crippen LogP contribution in [0.25, 0.3) is 5.69 Å². The third-order valence-corrected chi connectivity index (χ3v) is 5.26. The fourth-order valence-corrected chi connectivity index (χ4v) is 3.42. The summed E-state index contributed by atoms with van der Waals surface area (Å²) >= 11 is 17.9. The molecular weight excluding hydrogens is 437 g/mol. The summed E-state index contributed by atoms with van der Waals surface area (Å²) in [6.07, 6.45) is 0. The van der Waals surface area contributed by atoms with Gasteiger partial charge in [-0.1, -0.05) is 53.0 Å². The Kier molecular flexibility index (Phi) is 6.47. The SMILES string of the molecule is Cc1nn(-c2ccccc2)c(C)c1NC(=O)COC(=O)c1c(Cl)ccc(Cl)c1Cl. The quantitative estimate of drug-likeness (QED) is 0.424. The van der Waals surface area contributed by atoms with Crippen LogP contribution in [0.4, 0.5) is 5.69 Å². The number of rotatable bonds is 5. The van der Waals surface area contributed by atoms with E-state index in [1.807, 2.05) is 37.3 Å². The molecule has 0 aliphatic carbocycles. The monoisotopic (exact) mass is 451 g/mol. The fraction of sp³-hybridized carbons (Fsp3) is 0.150. The summed E-state index contributed by atoms with van der Waals surface area (Å²) in [4.78, 5) is 24.6. The van der Waals surface area contributed by atoms with Crippen LogP contribution in [0.1, 0.15) is 21.7 Å². The van der Waals surface area contributed by atoms with Crippen molar-refractivity contribution in [3.63, 3.8) is 0 Å². The molecule has 3 rings (SSSR count). The molecule has 1 aromatic heterocycles. The highest BCUT2D eigenvalue weighted by Crippen LogP contribution is 2.32. The highest BCUT2D eigenvalue weighted by Gasteiger charge is 2.21. The van der Waals surface area contributed by atoms with E-state index in [9.17, 15) is 9.59 Å². The van der Waals surface area contributed by atoms with E-state index in [-0.39, 0.29) is 20.6 Å². The molecule has 0 spiro atoms. The molecule has 2 aromatic carbocycles. The molecule has 1 heterocycles. The Bertz CT molecular complexity index is 1080. The predicted octanol–water partition coefficient (Wildman–Crippen LogP) is 5.24. The van der Waals surface area contributed by atoms with Crippen LogP contribution in [-0.2, 0) is 9.53 Å². The number of nitrogens with one attached hydrogen (secondary N) is 1. The van der Waals surface area contributed by atoms with Crippen molar-refractivity contribution in [3.8, 4) is 5.69 Å². The number of aromatic nitrogens is 2. The van der Waals surface area contributed by atoms with Crippen LogP contribution in [0.15, 0.2) is 42.5 Å². The molecule has 3 aromatic rings. The summed E-state index contributed by atoms with van der Waals surface area (Å²) in [5, 5.41) is 7.39. The standard InChI is InChI=1S/C20H16Cl3N3O3/c1-11-19(12(2)26(25-11)13-6-4-3-5-7-13)24-16(27)10-29-20(28)17-14(21)8-9-15(22)18(17)23/h3-9H,10H2,1-2H3,(H,24,27). The average molecular weight is 453 g/mol. The maximum absolute atomic E-state index is 12.3. The van der Waals surface area contributed by atoms with E-state index < -0.39 is 18.5 Å². The first-order valence-electron chi connectivity index (χ1n) is 8.51. The highest BCUT2D eigenvalue weighted by atomic mass is 35.5. The predicted molar refractivity (Wildman–Crippen MR) is 113 cm³/mol. The van der Waals surface area contributed by atoms with Gasteiger partial charge in [0.2, 0.25) is 0 Å². The van der Waals surface area contributed by atoms with Gasteiger partial charge in [-0.2, -0.15) is 5.10 Å². The number of amides is 1. The van der Waals surface area contributed by atoms with Crippen molar-refractivity contribution in [1.29, 1.82) is 0 Å². The van der Waals surface area contributed by atoms with Gasteiger partial charge in [-0.25, -0.2) is 9.48 Å². The molecule has 0 unspecified atom stereocenters. The lowest BCUT2D eigenvalue weighted by Gasteiger charge is -2.10. The number of ether oxygens (including phenoxy) is 1. The van der Waals surface area contributed by atoms with Crippen molar-refractivity contribution in [3.05, 3.63) is 74.5 Å². The van der Waals surface area contributed by atoms with E-state index in [4.69, 9.17) is 39.5 Å². The maximum atomic E-state index is 12.3. The van der Waals surface area contributed by atoms with Gasteiger partial charge in [0.05, 0.1) is 43.4 Å². The number of nitrogens with zero attached hydrogens (tertiary/aromatic N) is 2. The van der Waals surface area contributed by atoms with Crippen LogP contribution < -0.4 is 5.32 Å². The van der Waals surface area contributed by atoms with Crippen molar-refractivity contribution in [2.45, 2.75) is 13.8 Å². The topological polar surface area (TPSA) is 73.2 Å². The number of aryl methyl sites for hydroxylation is 1. The summed E-state index contributed by atoms with van der Waals surface area (Å²) in [6.45, 7) is 3.09. The molecule has 9 heteroatoms. The summed E-state index contributed by atoms with van der Waals surface area (Å²) in [5.74, 6) is -1.36. The minimum atomic E-state index is -0.842. The average Bonchev–Trinajstić information content (AvgIpc) is 2.98. The van der Waals surface area contributed by atoms with E-state index in [2.05, 4.69) is 10.4 Å². The number of hydrogen-bond acceptors (Lipinski definition) is 4. The van der Waals surface area contributed by atoms with E-state index in [1.54, 1.807) is 11.6 Å². The Morgan fingerprint density at radius 3 is 2.38 bits per heavy atom. The number of benzene rings is 2. The highest BCUT2D eigenvalue weighted by molar-refractivity contribution is 6.46. The maximum Gasteiger partial charge on any atom is 0.341 e. The number of carbonyl (C=O) groups excluding carboxylic acids is 2. The van der Waals surface area contributed by atoms with Gasteiger partial charge in [-0.05, 0) is 38.1 Å². The van der Waals surface area contributed by atoms with E-state index in [1.165, 1.54) is 12.1 Å². The number of para-hydroxylation sites is 1. The summed E-state index contributed by atoms with van der Waals surface area (Å²) < 4.78 is 6.77. The van der Waals surface area contributed by atoms with Crippen LogP contribution in [0.3, 0.4) is 0 Å². The van der Waals surface area contributed by atoms with Crippen molar-refractivity contribution in [1.82, 2.24) is 9.78 Å². The van der Waals surface area contributed by atoms with Gasteiger partial charge in [0, 0.05) is 0 Å². The molecule has 1 amide bonds. The summed E-state index contributed by atoms with van der Waals surface area (Å²) in [5.41, 5.74) is 2.71. The van der Waals surface area contributed by atoms with Gasteiger partial charge in [0.15, 0.2) is 6.61 Å². The lowest BCUT2D eigenvalue weighted by molar-refractivity contribution is -0.119. The van der Waals surface area contributed by atoms with Crippen LogP contribution in [-0.4, -0.2) is 28.3 Å². The van der Waals surface area contributed by atoms with E-state index >= 15 is 0 Å². The van der Waals surface area contributed by atoms with Gasteiger partial charge in [-0.15, -0.1) is 0 Å². The second-order valence-electron chi connectivity index (χ2n) is 6.14. The second-order valence-corrected chi connectivity index (χ2v) is 7.33. The van der Waals surface area contributed by atoms with Crippen molar-refractivity contribution >= 4 is 52.4 Å². The molecule has 150 valence electrons. The third-order valence-electron chi connectivity index (χ3n) is 4.14. The zero-order chi connectivity index (χ0) is 21.1. The van der Waals surface area contributed by atoms with Crippen molar-refractivity contribution < 1.29 is 14.3 Å². The van der Waals surface area contributed by atoms with Crippen LogP contribution in [0, 0.1) is 13.8 Å². The van der Waals surface area contributed by atoms with E-state index in [0.29, 0.717) is 11.4 Å². The van der Waals surface area contributed by atoms with Gasteiger partial charge < -0.3 is 10.1 Å². The van der Waals surface area contributed by atoms with Crippen LogP contribution >= 0.6 is 34.8 Å². The molecular formula is C20H16Cl3N3O3. The molecule has 1 N–H and O–H groups in total. The Balaban J connectivity index is 1.70. The van der Waals surface area contributed by atoms with Gasteiger partial charge in [0.25, 0.3) is 5.91 Å². The molecule has 0 aliphatic heterocycles. The third kappa shape index (κ3) is 4.56. The van der Waals surface area contributed by atoms with Crippen molar-refractivity contribution in [2.75, 3.05) is 11.9 Å². The molecule has 0 radical (unpaired) electrons. The zero-order valence-electron chi connectivity index (χ0n) is 15.5. The molecule has 0 aliphatic rings. The van der Waals surface area contributed by atoms with Gasteiger partial charge in [-0.3, -0.25) is 4.79 Å². The van der Waals surface area contributed by atoms with Crippen molar-refractivity contribution in [2.24, 2.45) is 0 Å². The van der Waals surface area contributed by atoms with E-state index in [0.717, 1.165) is 11.4 Å². The molecule has 6 nitrogen and oxygen atoms in total. The Morgan fingerprint density at radius 2 is 1.69 bits per heavy atom. The lowest BCUT2D eigenvalue weighted by atomic mass is 10.2. The van der Waals surface area contributed by atoms with Gasteiger partial charge in [0.1, 0.15) is 0 Å². The smallest absolute Gasteiger partial charge is 0.341 e. The summed E-state index contributed by atoms with van der Waals surface area (Å²) in [7, 11) is 0. The lowest BCUT2D eigenvalue weighted by Crippen LogP contribution is -2.22. The number of halogens is 3. The Hall–Kier alpha value is -2.54. The summed E-state index contributed by atoms with van der Waals surface area (Å²) in [6, 6.07) is 12.4. The minimum Gasteiger partial charge on any atom is -0.452 e. The first-order valence-corrected chi connectivity index (χ1v) is 9.65.